The van der Waals surface area contributed by atoms with Gasteiger partial charge in [0.05, 0.1) is 24.5 Å². The normalized spacial score (nSPS) is 15.3. The van der Waals surface area contributed by atoms with Crippen molar-refractivity contribution in [3.63, 3.8) is 0 Å². The van der Waals surface area contributed by atoms with Crippen molar-refractivity contribution in [3.05, 3.63) is 64.6 Å². The Balaban J connectivity index is 1.62. The third kappa shape index (κ3) is 4.03. The summed E-state index contributed by atoms with van der Waals surface area (Å²) in [5, 5.41) is 12.5. The van der Waals surface area contributed by atoms with Gasteiger partial charge in [-0.1, -0.05) is 18.2 Å². The Bertz CT molecular complexity index is 933. The first kappa shape index (κ1) is 17.7. The van der Waals surface area contributed by atoms with E-state index in [1.54, 1.807) is 9.25 Å². The fourth-order valence-electron chi connectivity index (χ4n) is 3.70. The average molecular weight is 366 g/mol. The van der Waals surface area contributed by atoms with E-state index in [9.17, 15) is 4.79 Å². The molecule has 0 bridgehead atoms. The largest absolute Gasteiger partial charge is 0.350 e. The summed E-state index contributed by atoms with van der Waals surface area (Å²) in [6.07, 6.45) is 5.02. The monoisotopic (exact) mass is 366 g/mol. The lowest BCUT2D eigenvalue weighted by atomic mass is 9.94. The van der Waals surface area contributed by atoms with Gasteiger partial charge in [-0.25, -0.2) is 14.0 Å². The SMILES string of the molecule is Cc1ccn(CCn2nc(CC3CCNCC3)n(-c3ccccc3)c2=O)n1. The van der Waals surface area contributed by atoms with E-state index in [4.69, 9.17) is 5.10 Å². The summed E-state index contributed by atoms with van der Waals surface area (Å²) in [6, 6.07) is 11.8. The first-order valence-corrected chi connectivity index (χ1v) is 9.65. The molecule has 1 N–H and O–H groups in total. The van der Waals surface area contributed by atoms with Crippen LogP contribution in [0.25, 0.3) is 5.69 Å². The summed E-state index contributed by atoms with van der Waals surface area (Å²) in [6.45, 7) is 5.19. The smallest absolute Gasteiger partial charge is 0.317 e. The van der Waals surface area contributed by atoms with Crippen LogP contribution in [0.5, 0.6) is 0 Å². The van der Waals surface area contributed by atoms with E-state index in [0.29, 0.717) is 19.0 Å². The maximum Gasteiger partial charge on any atom is 0.350 e. The van der Waals surface area contributed by atoms with Gasteiger partial charge in [0.1, 0.15) is 5.82 Å². The molecule has 0 amide bonds. The number of piperidine rings is 1. The molecular weight excluding hydrogens is 340 g/mol. The minimum atomic E-state index is -0.0750. The molecule has 1 saturated heterocycles. The van der Waals surface area contributed by atoms with Crippen molar-refractivity contribution in [1.82, 2.24) is 29.4 Å². The summed E-state index contributed by atoms with van der Waals surface area (Å²) in [5.74, 6) is 1.42. The molecule has 7 nitrogen and oxygen atoms in total. The molecule has 142 valence electrons. The second-order valence-corrected chi connectivity index (χ2v) is 7.21. The zero-order valence-corrected chi connectivity index (χ0v) is 15.7. The van der Waals surface area contributed by atoms with Crippen molar-refractivity contribution in [1.29, 1.82) is 0 Å². The number of rotatable bonds is 6. The maximum absolute atomic E-state index is 13.1. The highest BCUT2D eigenvalue weighted by Crippen LogP contribution is 2.18. The van der Waals surface area contributed by atoms with E-state index >= 15 is 0 Å². The molecule has 1 aliphatic rings. The van der Waals surface area contributed by atoms with Crippen LogP contribution < -0.4 is 11.0 Å². The third-order valence-corrected chi connectivity index (χ3v) is 5.17. The minimum Gasteiger partial charge on any atom is -0.317 e. The Morgan fingerprint density at radius 1 is 1.07 bits per heavy atom. The first-order chi connectivity index (χ1) is 13.2. The number of aryl methyl sites for hydroxylation is 3. The number of hydrogen-bond donors (Lipinski definition) is 1. The van der Waals surface area contributed by atoms with Crippen LogP contribution in [0.4, 0.5) is 0 Å². The van der Waals surface area contributed by atoms with Crippen LogP contribution in [0, 0.1) is 12.8 Å². The highest BCUT2D eigenvalue weighted by molar-refractivity contribution is 5.32. The predicted molar refractivity (Wildman–Crippen MR) is 104 cm³/mol. The van der Waals surface area contributed by atoms with Crippen molar-refractivity contribution < 1.29 is 0 Å². The Kier molecular flexibility index (Phi) is 5.20. The van der Waals surface area contributed by atoms with Gasteiger partial charge in [0.15, 0.2) is 0 Å². The van der Waals surface area contributed by atoms with E-state index < -0.39 is 0 Å². The molecule has 2 aromatic heterocycles. The van der Waals surface area contributed by atoms with Gasteiger partial charge in [0, 0.05) is 12.6 Å². The molecule has 0 unspecified atom stereocenters. The fraction of sp³-hybridized carbons (Fsp3) is 0.450. The minimum absolute atomic E-state index is 0.0750. The molecule has 1 aromatic carbocycles. The third-order valence-electron chi connectivity index (χ3n) is 5.17. The molecule has 3 heterocycles. The van der Waals surface area contributed by atoms with Crippen LogP contribution in [0.15, 0.2) is 47.4 Å². The molecule has 0 aliphatic carbocycles. The molecule has 0 spiro atoms. The second kappa shape index (κ2) is 7.92. The molecule has 27 heavy (non-hydrogen) atoms. The van der Waals surface area contributed by atoms with Crippen molar-refractivity contribution in [2.75, 3.05) is 13.1 Å². The summed E-state index contributed by atoms with van der Waals surface area (Å²) < 4.78 is 5.21. The lowest BCUT2D eigenvalue weighted by Crippen LogP contribution is -2.29. The standard InChI is InChI=1S/C20H26N6O/c1-16-9-12-24(22-16)13-14-25-20(27)26(18-5-3-2-4-6-18)19(23-25)15-17-7-10-21-11-8-17/h2-6,9,12,17,21H,7-8,10-11,13-15H2,1H3. The fourth-order valence-corrected chi connectivity index (χ4v) is 3.70. The summed E-state index contributed by atoms with van der Waals surface area (Å²) in [4.78, 5) is 13.1. The van der Waals surface area contributed by atoms with E-state index in [1.807, 2.05) is 54.2 Å². The molecule has 7 heteroatoms. The van der Waals surface area contributed by atoms with Gasteiger partial charge < -0.3 is 5.32 Å². The molecular formula is C20H26N6O. The number of nitrogens with zero attached hydrogens (tertiary/aromatic N) is 5. The lowest BCUT2D eigenvalue weighted by molar-refractivity contribution is 0.364. The van der Waals surface area contributed by atoms with Crippen molar-refractivity contribution in [2.45, 2.75) is 39.3 Å². The molecule has 1 fully saturated rings. The lowest BCUT2D eigenvalue weighted by Gasteiger charge is -2.22. The topological polar surface area (TPSA) is 69.7 Å². The van der Waals surface area contributed by atoms with E-state index in [2.05, 4.69) is 10.4 Å². The summed E-state index contributed by atoms with van der Waals surface area (Å²) in [5.41, 5.74) is 1.78. The molecule has 0 atom stereocenters. The first-order valence-electron chi connectivity index (χ1n) is 9.65. The second-order valence-electron chi connectivity index (χ2n) is 7.21. The van der Waals surface area contributed by atoms with Gasteiger partial charge in [0.2, 0.25) is 0 Å². The van der Waals surface area contributed by atoms with Gasteiger partial charge in [-0.15, -0.1) is 0 Å². The van der Waals surface area contributed by atoms with Crippen LogP contribution in [-0.4, -0.2) is 37.2 Å². The van der Waals surface area contributed by atoms with E-state index in [0.717, 1.165) is 49.6 Å². The van der Waals surface area contributed by atoms with E-state index in [-0.39, 0.29) is 5.69 Å². The highest BCUT2D eigenvalue weighted by atomic mass is 16.2. The van der Waals surface area contributed by atoms with Crippen molar-refractivity contribution in [2.24, 2.45) is 5.92 Å². The van der Waals surface area contributed by atoms with Crippen LogP contribution in [0.2, 0.25) is 0 Å². The van der Waals surface area contributed by atoms with Gasteiger partial charge in [-0.05, 0) is 57.0 Å². The highest BCUT2D eigenvalue weighted by Gasteiger charge is 2.20. The summed E-state index contributed by atoms with van der Waals surface area (Å²) in [7, 11) is 0. The number of aromatic nitrogens is 5. The van der Waals surface area contributed by atoms with Crippen LogP contribution >= 0.6 is 0 Å². The van der Waals surface area contributed by atoms with Gasteiger partial charge in [-0.3, -0.25) is 4.68 Å². The van der Waals surface area contributed by atoms with Gasteiger partial charge >= 0.3 is 5.69 Å². The van der Waals surface area contributed by atoms with Gasteiger partial charge in [0.25, 0.3) is 0 Å². The number of nitrogens with one attached hydrogen (secondary N) is 1. The molecule has 0 saturated carbocycles. The predicted octanol–water partition coefficient (Wildman–Crippen LogP) is 1.78. The van der Waals surface area contributed by atoms with Crippen molar-refractivity contribution >= 4 is 0 Å². The summed E-state index contributed by atoms with van der Waals surface area (Å²) >= 11 is 0. The van der Waals surface area contributed by atoms with Crippen LogP contribution in [-0.2, 0) is 19.5 Å². The Morgan fingerprint density at radius 2 is 1.85 bits per heavy atom. The molecule has 3 aromatic rings. The van der Waals surface area contributed by atoms with Crippen LogP contribution in [0.3, 0.4) is 0 Å². The number of para-hydroxylation sites is 1. The number of hydrogen-bond acceptors (Lipinski definition) is 4. The Morgan fingerprint density at radius 3 is 2.56 bits per heavy atom. The van der Waals surface area contributed by atoms with Crippen molar-refractivity contribution in [3.8, 4) is 5.69 Å². The molecule has 4 rings (SSSR count). The number of benzene rings is 1. The Hall–Kier alpha value is -2.67. The Labute approximate surface area is 158 Å². The van der Waals surface area contributed by atoms with Gasteiger partial charge in [-0.2, -0.15) is 10.2 Å². The van der Waals surface area contributed by atoms with E-state index in [1.165, 1.54) is 0 Å². The zero-order chi connectivity index (χ0) is 18.6. The average Bonchev–Trinajstić information content (AvgIpc) is 3.24. The quantitative estimate of drug-likeness (QED) is 0.722. The molecule has 1 aliphatic heterocycles. The maximum atomic E-state index is 13.1. The van der Waals surface area contributed by atoms with Crippen LogP contribution in [0.1, 0.15) is 24.4 Å². The molecule has 0 radical (unpaired) electrons. The zero-order valence-electron chi connectivity index (χ0n) is 15.7.